The number of hydrogen-bond donors (Lipinski definition) is 1. The number of benzene rings is 1. The van der Waals surface area contributed by atoms with E-state index in [0.29, 0.717) is 21.9 Å². The van der Waals surface area contributed by atoms with E-state index in [0.717, 1.165) is 4.47 Å². The number of halogens is 3. The smallest absolute Gasteiger partial charge is 0.338 e. The summed E-state index contributed by atoms with van der Waals surface area (Å²) in [4.78, 5) is 20.9. The molecule has 0 radical (unpaired) electrons. The standard InChI is InChI=1S/C18H14BrClFN3O2/c1-9-14(18(25)26-2)15(11-6-5-10(19)8-12(11)20)24-17(23-9)16-13(21)4-3-7-22-16/h3-8,15H,1-2H3,(H,23,24). The van der Waals surface area contributed by atoms with Crippen molar-refractivity contribution in [1.29, 1.82) is 0 Å². The minimum absolute atomic E-state index is 0.0639. The molecule has 5 nitrogen and oxygen atoms in total. The SMILES string of the molecule is COC(=O)C1=C(C)NC(c2ncccc2F)=NC1c1ccc(Br)cc1Cl. The van der Waals surface area contributed by atoms with Gasteiger partial charge in [-0.1, -0.05) is 33.6 Å². The van der Waals surface area contributed by atoms with Crippen molar-refractivity contribution < 1.29 is 13.9 Å². The Hall–Kier alpha value is -2.25. The number of aromatic nitrogens is 1. The molecule has 1 unspecified atom stereocenters. The van der Waals surface area contributed by atoms with Gasteiger partial charge in [0.05, 0.1) is 12.7 Å². The van der Waals surface area contributed by atoms with Crippen molar-refractivity contribution in [3.05, 3.63) is 74.4 Å². The van der Waals surface area contributed by atoms with Crippen LogP contribution in [0.3, 0.4) is 0 Å². The van der Waals surface area contributed by atoms with Gasteiger partial charge in [0.25, 0.3) is 0 Å². The summed E-state index contributed by atoms with van der Waals surface area (Å²) < 4.78 is 19.8. The molecule has 0 aliphatic carbocycles. The van der Waals surface area contributed by atoms with Crippen LogP contribution in [0.1, 0.15) is 24.2 Å². The normalized spacial score (nSPS) is 16.8. The van der Waals surface area contributed by atoms with Crippen molar-refractivity contribution >= 4 is 39.3 Å². The third kappa shape index (κ3) is 3.50. The molecule has 0 saturated carbocycles. The summed E-state index contributed by atoms with van der Waals surface area (Å²) in [6, 6.07) is 7.30. The molecule has 1 aromatic carbocycles. The van der Waals surface area contributed by atoms with Gasteiger partial charge in [-0.3, -0.25) is 4.99 Å². The van der Waals surface area contributed by atoms with Gasteiger partial charge in [-0.25, -0.2) is 14.2 Å². The summed E-state index contributed by atoms with van der Waals surface area (Å²) in [5, 5.41) is 3.36. The van der Waals surface area contributed by atoms with E-state index in [2.05, 4.69) is 31.2 Å². The van der Waals surface area contributed by atoms with Crippen LogP contribution >= 0.6 is 27.5 Å². The Labute approximate surface area is 163 Å². The van der Waals surface area contributed by atoms with Gasteiger partial charge in [0.15, 0.2) is 11.7 Å². The fourth-order valence-electron chi connectivity index (χ4n) is 2.68. The van der Waals surface area contributed by atoms with Crippen LogP contribution in [-0.2, 0) is 9.53 Å². The first-order valence-electron chi connectivity index (χ1n) is 7.62. The number of esters is 1. The Morgan fingerprint density at radius 2 is 2.15 bits per heavy atom. The Kier molecular flexibility index (Phi) is 5.38. The lowest BCUT2D eigenvalue weighted by atomic mass is 9.95. The second kappa shape index (κ2) is 7.55. The quantitative estimate of drug-likeness (QED) is 0.731. The van der Waals surface area contributed by atoms with Gasteiger partial charge in [0, 0.05) is 27.0 Å². The van der Waals surface area contributed by atoms with E-state index < -0.39 is 17.8 Å². The van der Waals surface area contributed by atoms with Crippen LogP contribution in [0.5, 0.6) is 0 Å². The van der Waals surface area contributed by atoms with E-state index in [9.17, 15) is 9.18 Å². The molecule has 1 N–H and O–H groups in total. The summed E-state index contributed by atoms with van der Waals surface area (Å²) in [5.74, 6) is -0.839. The maximum Gasteiger partial charge on any atom is 0.338 e. The number of nitrogens with zero attached hydrogens (tertiary/aromatic N) is 2. The molecule has 8 heteroatoms. The molecule has 134 valence electrons. The Balaban J connectivity index is 2.17. The van der Waals surface area contributed by atoms with Crippen molar-refractivity contribution in [2.75, 3.05) is 7.11 Å². The van der Waals surface area contributed by atoms with Crippen LogP contribution in [-0.4, -0.2) is 23.9 Å². The topological polar surface area (TPSA) is 63.6 Å². The maximum atomic E-state index is 14.2. The van der Waals surface area contributed by atoms with Crippen molar-refractivity contribution in [3.8, 4) is 0 Å². The number of amidine groups is 1. The molecule has 2 heterocycles. The van der Waals surface area contributed by atoms with Crippen molar-refractivity contribution in [2.45, 2.75) is 13.0 Å². The third-order valence-electron chi connectivity index (χ3n) is 3.89. The Morgan fingerprint density at radius 1 is 1.38 bits per heavy atom. The fraction of sp³-hybridized carbons (Fsp3) is 0.167. The zero-order valence-corrected chi connectivity index (χ0v) is 16.2. The highest BCUT2D eigenvalue weighted by Crippen LogP contribution is 2.37. The second-order valence-electron chi connectivity index (χ2n) is 5.54. The molecule has 0 bridgehead atoms. The number of ether oxygens (including phenoxy) is 1. The van der Waals surface area contributed by atoms with Gasteiger partial charge in [-0.15, -0.1) is 0 Å². The first-order valence-corrected chi connectivity index (χ1v) is 8.79. The minimum Gasteiger partial charge on any atom is -0.466 e. The largest absolute Gasteiger partial charge is 0.466 e. The molecule has 0 amide bonds. The van der Waals surface area contributed by atoms with Gasteiger partial charge in [0.1, 0.15) is 11.7 Å². The van der Waals surface area contributed by atoms with E-state index in [1.54, 1.807) is 25.1 Å². The first kappa shape index (κ1) is 18.5. The molecule has 0 fully saturated rings. The number of carbonyl (C=O) groups excluding carboxylic acids is 1. The number of aliphatic imine (C=N–C) groups is 1. The molecule has 26 heavy (non-hydrogen) atoms. The lowest BCUT2D eigenvalue weighted by molar-refractivity contribution is -0.136. The maximum absolute atomic E-state index is 14.2. The second-order valence-corrected chi connectivity index (χ2v) is 6.86. The predicted octanol–water partition coefficient (Wildman–Crippen LogP) is 4.17. The Morgan fingerprint density at radius 3 is 2.81 bits per heavy atom. The van der Waals surface area contributed by atoms with Crippen LogP contribution < -0.4 is 5.32 Å². The molecular weight excluding hydrogens is 425 g/mol. The number of rotatable bonds is 3. The predicted molar refractivity (Wildman–Crippen MR) is 100 cm³/mol. The summed E-state index contributed by atoms with van der Waals surface area (Å²) in [6.45, 7) is 1.70. The van der Waals surface area contributed by atoms with Crippen LogP contribution in [0, 0.1) is 5.82 Å². The van der Waals surface area contributed by atoms with Crippen molar-refractivity contribution in [3.63, 3.8) is 0 Å². The molecule has 0 spiro atoms. The minimum atomic E-state index is -0.749. The fourth-order valence-corrected chi connectivity index (χ4v) is 3.46. The lowest BCUT2D eigenvalue weighted by Gasteiger charge is -2.26. The average molecular weight is 439 g/mol. The zero-order valence-electron chi connectivity index (χ0n) is 13.9. The van der Waals surface area contributed by atoms with E-state index in [1.807, 2.05) is 0 Å². The molecule has 1 aliphatic heterocycles. The summed E-state index contributed by atoms with van der Waals surface area (Å²) in [7, 11) is 1.29. The highest BCUT2D eigenvalue weighted by Gasteiger charge is 2.32. The number of carbonyl (C=O) groups is 1. The number of nitrogens with one attached hydrogen (secondary N) is 1. The van der Waals surface area contributed by atoms with E-state index in [1.165, 1.54) is 25.4 Å². The van der Waals surface area contributed by atoms with E-state index in [4.69, 9.17) is 16.3 Å². The van der Waals surface area contributed by atoms with Crippen molar-refractivity contribution in [2.24, 2.45) is 4.99 Å². The number of methoxy groups -OCH3 is 1. The average Bonchev–Trinajstić information content (AvgIpc) is 2.61. The summed E-state index contributed by atoms with van der Waals surface area (Å²) >= 11 is 9.72. The van der Waals surface area contributed by atoms with Crippen LogP contribution in [0.4, 0.5) is 4.39 Å². The monoisotopic (exact) mass is 437 g/mol. The summed E-state index contributed by atoms with van der Waals surface area (Å²) in [6.07, 6.45) is 1.47. The molecular formula is C18H14BrClFN3O2. The molecule has 0 saturated heterocycles. The van der Waals surface area contributed by atoms with Crippen LogP contribution in [0.25, 0.3) is 0 Å². The number of allylic oxidation sites excluding steroid dienone is 1. The summed E-state index contributed by atoms with van der Waals surface area (Å²) in [5.41, 5.74) is 1.46. The van der Waals surface area contributed by atoms with Crippen molar-refractivity contribution in [1.82, 2.24) is 10.3 Å². The van der Waals surface area contributed by atoms with E-state index in [-0.39, 0.29) is 11.5 Å². The van der Waals surface area contributed by atoms with Gasteiger partial charge >= 0.3 is 5.97 Å². The Bertz CT molecular complexity index is 946. The van der Waals surface area contributed by atoms with Gasteiger partial charge in [-0.05, 0) is 31.2 Å². The highest BCUT2D eigenvalue weighted by atomic mass is 79.9. The number of hydrogen-bond acceptors (Lipinski definition) is 5. The van der Waals surface area contributed by atoms with Crippen LogP contribution in [0.15, 0.2) is 57.3 Å². The first-order chi connectivity index (χ1) is 12.4. The van der Waals surface area contributed by atoms with Gasteiger partial charge in [-0.2, -0.15) is 0 Å². The third-order valence-corrected chi connectivity index (χ3v) is 4.71. The van der Waals surface area contributed by atoms with Gasteiger partial charge in [0.2, 0.25) is 0 Å². The molecule has 1 atom stereocenters. The van der Waals surface area contributed by atoms with Crippen LogP contribution in [0.2, 0.25) is 5.02 Å². The zero-order chi connectivity index (χ0) is 18.8. The molecule has 2 aromatic rings. The highest BCUT2D eigenvalue weighted by molar-refractivity contribution is 9.10. The number of pyridine rings is 1. The molecule has 3 rings (SSSR count). The molecule has 1 aromatic heterocycles. The van der Waals surface area contributed by atoms with Gasteiger partial charge < -0.3 is 10.1 Å². The molecule has 1 aliphatic rings. The lowest BCUT2D eigenvalue weighted by Crippen LogP contribution is -2.33. The van der Waals surface area contributed by atoms with E-state index >= 15 is 0 Å².